The summed E-state index contributed by atoms with van der Waals surface area (Å²) in [6.45, 7) is 5.28. The van der Waals surface area contributed by atoms with E-state index in [1.165, 1.54) is 15.3 Å². The highest BCUT2D eigenvalue weighted by atomic mass is 32.1. The van der Waals surface area contributed by atoms with Gasteiger partial charge in [-0.2, -0.15) is 0 Å². The molecule has 3 heteroatoms. The van der Waals surface area contributed by atoms with Gasteiger partial charge >= 0.3 is 0 Å². The summed E-state index contributed by atoms with van der Waals surface area (Å²) in [5.74, 6) is 0.523. The molecule has 2 rings (SSSR count). The molecule has 0 aliphatic rings. The van der Waals surface area contributed by atoms with Gasteiger partial charge in [0.1, 0.15) is 0 Å². The molecular weight excluding hydrogens is 204 g/mol. The summed E-state index contributed by atoms with van der Waals surface area (Å²) in [4.78, 5) is 4.65. The van der Waals surface area contributed by atoms with Gasteiger partial charge in [0.15, 0.2) is 0 Å². The summed E-state index contributed by atoms with van der Waals surface area (Å²) in [7, 11) is 1.96. The zero-order valence-corrected chi connectivity index (χ0v) is 10.2. The molecule has 1 aromatic carbocycles. The molecule has 0 amide bonds. The molecule has 2 nitrogen and oxygen atoms in total. The maximum atomic E-state index is 4.65. The van der Waals surface area contributed by atoms with Crippen LogP contribution in [-0.4, -0.2) is 12.0 Å². The summed E-state index contributed by atoms with van der Waals surface area (Å²) in [6, 6.07) is 6.51. The topological polar surface area (TPSA) is 24.9 Å². The fourth-order valence-electron chi connectivity index (χ4n) is 1.55. The van der Waals surface area contributed by atoms with Gasteiger partial charge in [-0.05, 0) is 24.7 Å². The van der Waals surface area contributed by atoms with E-state index in [9.17, 15) is 0 Å². The Balaban J connectivity index is 2.43. The highest BCUT2D eigenvalue weighted by molar-refractivity contribution is 7.18. The first-order chi connectivity index (χ1) is 7.20. The first kappa shape index (κ1) is 10.6. The van der Waals surface area contributed by atoms with Crippen molar-refractivity contribution in [2.45, 2.75) is 26.3 Å². The number of fused-ring (bicyclic) bond motifs is 1. The zero-order valence-electron chi connectivity index (χ0n) is 9.37. The third kappa shape index (κ3) is 2.19. The minimum Gasteiger partial charge on any atom is -0.316 e. The molecule has 1 heterocycles. The lowest BCUT2D eigenvalue weighted by molar-refractivity contribution is 0.818. The van der Waals surface area contributed by atoms with Crippen LogP contribution < -0.4 is 5.32 Å². The standard InChI is InChI=1S/C12H16N2S/c1-8(2)12-14-10-6-9(7-13-3)4-5-11(10)15-12/h4-6,8,13H,7H2,1-3H3. The molecule has 15 heavy (non-hydrogen) atoms. The third-order valence-electron chi connectivity index (χ3n) is 2.34. The number of aromatic nitrogens is 1. The summed E-state index contributed by atoms with van der Waals surface area (Å²) >= 11 is 1.80. The minimum absolute atomic E-state index is 0.523. The van der Waals surface area contributed by atoms with Gasteiger partial charge in [0.2, 0.25) is 0 Å². The Morgan fingerprint density at radius 3 is 2.87 bits per heavy atom. The molecule has 0 aliphatic heterocycles. The fraction of sp³-hybridized carbons (Fsp3) is 0.417. The predicted octanol–water partition coefficient (Wildman–Crippen LogP) is 3.14. The van der Waals surface area contributed by atoms with Crippen molar-refractivity contribution in [1.82, 2.24) is 10.3 Å². The summed E-state index contributed by atoms with van der Waals surface area (Å²) < 4.78 is 1.29. The van der Waals surface area contributed by atoms with Crippen LogP contribution in [0.4, 0.5) is 0 Å². The van der Waals surface area contributed by atoms with Crippen molar-refractivity contribution in [3.05, 3.63) is 28.8 Å². The second kappa shape index (κ2) is 4.29. The number of nitrogens with zero attached hydrogens (tertiary/aromatic N) is 1. The lowest BCUT2D eigenvalue weighted by atomic mass is 10.2. The largest absolute Gasteiger partial charge is 0.316 e. The molecule has 0 aliphatic carbocycles. The Labute approximate surface area is 94.3 Å². The van der Waals surface area contributed by atoms with Crippen LogP contribution in [0.15, 0.2) is 18.2 Å². The van der Waals surface area contributed by atoms with E-state index in [0.29, 0.717) is 5.92 Å². The number of hydrogen-bond donors (Lipinski definition) is 1. The highest BCUT2D eigenvalue weighted by Crippen LogP contribution is 2.27. The summed E-state index contributed by atoms with van der Waals surface area (Å²) in [6.07, 6.45) is 0. The van der Waals surface area contributed by atoms with Crippen LogP contribution in [0.1, 0.15) is 30.3 Å². The van der Waals surface area contributed by atoms with Gasteiger partial charge < -0.3 is 5.32 Å². The van der Waals surface area contributed by atoms with E-state index >= 15 is 0 Å². The van der Waals surface area contributed by atoms with Gasteiger partial charge in [-0.1, -0.05) is 19.9 Å². The molecule has 0 saturated heterocycles. The monoisotopic (exact) mass is 220 g/mol. The van der Waals surface area contributed by atoms with Crippen LogP contribution >= 0.6 is 11.3 Å². The molecule has 0 saturated carbocycles. The van der Waals surface area contributed by atoms with Gasteiger partial charge in [0, 0.05) is 12.5 Å². The average Bonchev–Trinajstić information content (AvgIpc) is 2.61. The van der Waals surface area contributed by atoms with E-state index in [0.717, 1.165) is 12.1 Å². The Kier molecular flexibility index (Phi) is 3.03. The highest BCUT2D eigenvalue weighted by Gasteiger charge is 2.07. The smallest absolute Gasteiger partial charge is 0.0963 e. The minimum atomic E-state index is 0.523. The van der Waals surface area contributed by atoms with Crippen LogP contribution in [-0.2, 0) is 6.54 Å². The van der Waals surface area contributed by atoms with Crippen molar-refractivity contribution < 1.29 is 0 Å². The molecule has 1 N–H and O–H groups in total. The molecule has 0 spiro atoms. The number of rotatable bonds is 3. The first-order valence-corrected chi connectivity index (χ1v) is 6.06. The molecule has 0 radical (unpaired) electrons. The second-order valence-corrected chi connectivity index (χ2v) is 5.10. The number of benzene rings is 1. The number of thiazole rings is 1. The van der Waals surface area contributed by atoms with Crippen molar-refractivity contribution in [3.8, 4) is 0 Å². The second-order valence-electron chi connectivity index (χ2n) is 4.04. The Morgan fingerprint density at radius 2 is 2.20 bits per heavy atom. The summed E-state index contributed by atoms with van der Waals surface area (Å²) in [5, 5.41) is 4.38. The van der Waals surface area contributed by atoms with E-state index in [1.807, 2.05) is 7.05 Å². The van der Waals surface area contributed by atoms with E-state index in [-0.39, 0.29) is 0 Å². The van der Waals surface area contributed by atoms with Crippen molar-refractivity contribution in [3.63, 3.8) is 0 Å². The maximum Gasteiger partial charge on any atom is 0.0963 e. The van der Waals surface area contributed by atoms with Gasteiger partial charge in [0.05, 0.1) is 15.2 Å². The van der Waals surface area contributed by atoms with E-state index < -0.39 is 0 Å². The Bertz CT molecular complexity index is 460. The van der Waals surface area contributed by atoms with Crippen molar-refractivity contribution >= 4 is 21.6 Å². The number of hydrogen-bond acceptors (Lipinski definition) is 3. The predicted molar refractivity (Wildman–Crippen MR) is 66.5 cm³/mol. The SMILES string of the molecule is CNCc1ccc2sc(C(C)C)nc2c1. The summed E-state index contributed by atoms with van der Waals surface area (Å²) in [5.41, 5.74) is 2.43. The normalized spacial score (nSPS) is 11.5. The quantitative estimate of drug-likeness (QED) is 0.859. The first-order valence-electron chi connectivity index (χ1n) is 5.24. The Morgan fingerprint density at radius 1 is 1.40 bits per heavy atom. The van der Waals surface area contributed by atoms with E-state index in [2.05, 4.69) is 42.3 Å². The van der Waals surface area contributed by atoms with Gasteiger partial charge in [0.25, 0.3) is 0 Å². The maximum absolute atomic E-state index is 4.65. The zero-order chi connectivity index (χ0) is 10.8. The van der Waals surface area contributed by atoms with Crippen LogP contribution in [0.25, 0.3) is 10.2 Å². The van der Waals surface area contributed by atoms with Crippen molar-refractivity contribution in [2.24, 2.45) is 0 Å². The van der Waals surface area contributed by atoms with Gasteiger partial charge in [-0.25, -0.2) is 4.98 Å². The van der Waals surface area contributed by atoms with Crippen LogP contribution in [0.5, 0.6) is 0 Å². The molecule has 2 aromatic rings. The van der Waals surface area contributed by atoms with E-state index in [1.54, 1.807) is 11.3 Å². The molecular formula is C12H16N2S. The van der Waals surface area contributed by atoms with Crippen LogP contribution in [0.2, 0.25) is 0 Å². The van der Waals surface area contributed by atoms with Gasteiger partial charge in [-0.3, -0.25) is 0 Å². The van der Waals surface area contributed by atoms with Crippen LogP contribution in [0.3, 0.4) is 0 Å². The van der Waals surface area contributed by atoms with Crippen LogP contribution in [0, 0.1) is 0 Å². The molecule has 1 aromatic heterocycles. The molecule has 80 valence electrons. The lowest BCUT2D eigenvalue weighted by Gasteiger charge is -1.98. The van der Waals surface area contributed by atoms with Crippen molar-refractivity contribution in [2.75, 3.05) is 7.05 Å². The lowest BCUT2D eigenvalue weighted by Crippen LogP contribution is -2.04. The molecule has 0 unspecified atom stereocenters. The van der Waals surface area contributed by atoms with Gasteiger partial charge in [-0.15, -0.1) is 11.3 Å². The number of nitrogens with one attached hydrogen (secondary N) is 1. The molecule has 0 bridgehead atoms. The average molecular weight is 220 g/mol. The van der Waals surface area contributed by atoms with E-state index in [4.69, 9.17) is 0 Å². The fourth-order valence-corrected chi connectivity index (χ4v) is 2.50. The van der Waals surface area contributed by atoms with Crippen molar-refractivity contribution in [1.29, 1.82) is 0 Å². The third-order valence-corrected chi connectivity index (χ3v) is 3.68. The molecule has 0 fully saturated rings. The Hall–Kier alpha value is -0.930. The molecule has 0 atom stereocenters.